The number of halogens is 1. The molecule has 3 aromatic rings. The molecule has 6 nitrogen and oxygen atoms in total. The molecule has 0 unspecified atom stereocenters. The van der Waals surface area contributed by atoms with Gasteiger partial charge in [0.15, 0.2) is 0 Å². The number of aromatic nitrogens is 2. The summed E-state index contributed by atoms with van der Waals surface area (Å²) in [4.78, 5) is 25.5. The van der Waals surface area contributed by atoms with Crippen molar-refractivity contribution < 1.29 is 14.3 Å². The van der Waals surface area contributed by atoms with Crippen LogP contribution in [-0.4, -0.2) is 69.1 Å². The van der Waals surface area contributed by atoms with Crippen LogP contribution in [0.2, 0.25) is 0 Å². The maximum Gasteiger partial charge on any atom is 0.254 e. The van der Waals surface area contributed by atoms with Crippen molar-refractivity contribution in [2.24, 2.45) is 0 Å². The normalized spacial score (nSPS) is 23.2. The molecule has 0 spiro atoms. The van der Waals surface area contributed by atoms with E-state index in [0.717, 1.165) is 36.1 Å². The third-order valence-corrected chi connectivity index (χ3v) is 6.92. The van der Waals surface area contributed by atoms with Crippen LogP contribution in [0.4, 0.5) is 4.39 Å². The summed E-state index contributed by atoms with van der Waals surface area (Å²) in [6.07, 6.45) is 6.93. The van der Waals surface area contributed by atoms with Crippen LogP contribution < -0.4 is 0 Å². The zero-order chi connectivity index (χ0) is 22.8. The van der Waals surface area contributed by atoms with Crippen LogP contribution in [0.1, 0.15) is 34.7 Å². The van der Waals surface area contributed by atoms with Gasteiger partial charge in [-0.25, -0.2) is 14.4 Å². The van der Waals surface area contributed by atoms with E-state index >= 15 is 0 Å². The Hall–Kier alpha value is -3.16. The van der Waals surface area contributed by atoms with E-state index in [-0.39, 0.29) is 30.5 Å². The predicted octanol–water partition coefficient (Wildman–Crippen LogP) is 3.35. The first-order valence-electron chi connectivity index (χ1n) is 11.4. The highest BCUT2D eigenvalue weighted by Crippen LogP contribution is 2.42. The summed E-state index contributed by atoms with van der Waals surface area (Å²) in [7, 11) is 0. The molecule has 3 atom stereocenters. The quantitative estimate of drug-likeness (QED) is 0.666. The van der Waals surface area contributed by atoms with Gasteiger partial charge in [0.1, 0.15) is 12.1 Å². The molecule has 2 saturated heterocycles. The van der Waals surface area contributed by atoms with Gasteiger partial charge in [-0.15, -0.1) is 0 Å². The standard InChI is InChI=1S/C26H27FN4O2/c27-22-5-3-4-20(12-22)26(33)30-10-1-2-11-31-23(15-30)25(24(31)16-32)19-8-6-18(7-9-19)21-13-28-17-29-14-21/h3-9,12-14,17,23-25,32H,1-2,10-11,15-16H2/t23-,24+,25-/m1/s1. The molecule has 2 aliphatic heterocycles. The summed E-state index contributed by atoms with van der Waals surface area (Å²) in [6, 6.07) is 14.4. The van der Waals surface area contributed by atoms with E-state index in [1.165, 1.54) is 18.5 Å². The van der Waals surface area contributed by atoms with Crippen LogP contribution >= 0.6 is 0 Å². The Balaban J connectivity index is 1.39. The van der Waals surface area contributed by atoms with Gasteiger partial charge in [0, 0.05) is 54.6 Å². The van der Waals surface area contributed by atoms with E-state index in [4.69, 9.17) is 0 Å². The van der Waals surface area contributed by atoms with Crippen LogP contribution in [0.15, 0.2) is 67.3 Å². The third-order valence-electron chi connectivity index (χ3n) is 6.92. The number of carbonyl (C=O) groups is 1. The zero-order valence-corrected chi connectivity index (χ0v) is 18.3. The van der Waals surface area contributed by atoms with Gasteiger partial charge in [-0.1, -0.05) is 30.3 Å². The number of rotatable bonds is 4. The van der Waals surface area contributed by atoms with Gasteiger partial charge in [0.05, 0.1) is 6.61 Å². The Morgan fingerprint density at radius 3 is 2.52 bits per heavy atom. The minimum Gasteiger partial charge on any atom is -0.395 e. The molecule has 2 fully saturated rings. The number of hydrogen-bond donors (Lipinski definition) is 1. The Morgan fingerprint density at radius 1 is 1.03 bits per heavy atom. The summed E-state index contributed by atoms with van der Waals surface area (Å²) in [6.45, 7) is 2.20. The second kappa shape index (κ2) is 9.37. The monoisotopic (exact) mass is 446 g/mol. The molecule has 0 bridgehead atoms. The second-order valence-corrected chi connectivity index (χ2v) is 8.80. The molecule has 5 rings (SSSR count). The van der Waals surface area contributed by atoms with E-state index in [1.54, 1.807) is 24.5 Å². The Bertz CT molecular complexity index is 1110. The minimum atomic E-state index is -0.403. The molecule has 7 heteroatoms. The molecular weight excluding hydrogens is 419 g/mol. The summed E-state index contributed by atoms with van der Waals surface area (Å²) in [5, 5.41) is 10.2. The van der Waals surface area contributed by atoms with Crippen molar-refractivity contribution in [2.45, 2.75) is 30.8 Å². The maximum absolute atomic E-state index is 13.7. The molecule has 1 N–H and O–H groups in total. The Labute approximate surface area is 192 Å². The van der Waals surface area contributed by atoms with E-state index in [1.807, 2.05) is 4.90 Å². The fraction of sp³-hybridized carbons (Fsp3) is 0.346. The summed E-state index contributed by atoms with van der Waals surface area (Å²) in [5.74, 6) is -0.417. The molecule has 0 radical (unpaired) electrons. The van der Waals surface area contributed by atoms with E-state index in [0.29, 0.717) is 18.7 Å². The second-order valence-electron chi connectivity index (χ2n) is 8.80. The number of fused-ring (bicyclic) bond motifs is 1. The molecule has 0 aliphatic carbocycles. The highest BCUT2D eigenvalue weighted by molar-refractivity contribution is 5.94. The molecule has 1 amide bonds. The lowest BCUT2D eigenvalue weighted by atomic mass is 9.74. The number of hydrogen-bond acceptors (Lipinski definition) is 5. The molecule has 2 aliphatic rings. The van der Waals surface area contributed by atoms with Gasteiger partial charge < -0.3 is 10.0 Å². The molecule has 33 heavy (non-hydrogen) atoms. The molecule has 2 aromatic carbocycles. The molecular formula is C26H27FN4O2. The number of aliphatic hydroxyl groups excluding tert-OH is 1. The lowest BCUT2D eigenvalue weighted by Crippen LogP contribution is -2.67. The van der Waals surface area contributed by atoms with Crippen LogP contribution in [0.5, 0.6) is 0 Å². The molecule has 3 heterocycles. The van der Waals surface area contributed by atoms with Gasteiger partial charge in [-0.05, 0) is 48.7 Å². The molecule has 0 saturated carbocycles. The first kappa shape index (κ1) is 21.7. The van der Waals surface area contributed by atoms with E-state index < -0.39 is 5.82 Å². The number of benzene rings is 2. The number of aliphatic hydroxyl groups is 1. The Kier molecular flexibility index (Phi) is 6.15. The van der Waals surface area contributed by atoms with E-state index in [2.05, 4.69) is 39.1 Å². The van der Waals surface area contributed by atoms with Crippen molar-refractivity contribution in [1.29, 1.82) is 0 Å². The molecule has 170 valence electrons. The van der Waals surface area contributed by atoms with Crippen molar-refractivity contribution in [1.82, 2.24) is 19.8 Å². The van der Waals surface area contributed by atoms with Crippen molar-refractivity contribution in [3.05, 3.63) is 84.2 Å². The molecule has 1 aromatic heterocycles. The maximum atomic E-state index is 13.7. The van der Waals surface area contributed by atoms with Crippen LogP contribution in [0, 0.1) is 5.82 Å². The lowest BCUT2D eigenvalue weighted by Gasteiger charge is -2.57. The third kappa shape index (κ3) is 4.26. The summed E-state index contributed by atoms with van der Waals surface area (Å²) in [5.41, 5.74) is 3.52. The highest BCUT2D eigenvalue weighted by Gasteiger charge is 2.49. The summed E-state index contributed by atoms with van der Waals surface area (Å²) < 4.78 is 13.7. The summed E-state index contributed by atoms with van der Waals surface area (Å²) >= 11 is 0. The van der Waals surface area contributed by atoms with Gasteiger partial charge >= 0.3 is 0 Å². The fourth-order valence-electron chi connectivity index (χ4n) is 5.27. The zero-order valence-electron chi connectivity index (χ0n) is 18.3. The van der Waals surface area contributed by atoms with Crippen LogP contribution in [-0.2, 0) is 0 Å². The predicted molar refractivity (Wildman–Crippen MR) is 123 cm³/mol. The van der Waals surface area contributed by atoms with E-state index in [9.17, 15) is 14.3 Å². The van der Waals surface area contributed by atoms with Crippen LogP contribution in [0.25, 0.3) is 11.1 Å². The first-order chi connectivity index (χ1) is 16.2. The minimum absolute atomic E-state index is 0.0325. The van der Waals surface area contributed by atoms with Crippen molar-refractivity contribution in [2.75, 3.05) is 26.2 Å². The van der Waals surface area contributed by atoms with Gasteiger partial charge in [-0.3, -0.25) is 9.69 Å². The number of amides is 1. The topological polar surface area (TPSA) is 69.6 Å². The van der Waals surface area contributed by atoms with Crippen LogP contribution in [0.3, 0.4) is 0 Å². The average Bonchev–Trinajstić information content (AvgIpc) is 2.83. The first-order valence-corrected chi connectivity index (χ1v) is 11.4. The van der Waals surface area contributed by atoms with Crippen molar-refractivity contribution >= 4 is 5.91 Å². The Morgan fingerprint density at radius 2 is 1.79 bits per heavy atom. The van der Waals surface area contributed by atoms with Crippen molar-refractivity contribution in [3.63, 3.8) is 0 Å². The average molecular weight is 447 g/mol. The highest BCUT2D eigenvalue weighted by atomic mass is 19.1. The number of carbonyl (C=O) groups excluding carboxylic acids is 1. The van der Waals surface area contributed by atoms with Gasteiger partial charge in [0.25, 0.3) is 5.91 Å². The fourth-order valence-corrected chi connectivity index (χ4v) is 5.27. The lowest BCUT2D eigenvalue weighted by molar-refractivity contribution is -0.0606. The van der Waals surface area contributed by atoms with Crippen molar-refractivity contribution in [3.8, 4) is 11.1 Å². The largest absolute Gasteiger partial charge is 0.395 e. The van der Waals surface area contributed by atoms with Gasteiger partial charge in [-0.2, -0.15) is 0 Å². The van der Waals surface area contributed by atoms with Gasteiger partial charge in [0.2, 0.25) is 0 Å². The number of nitrogens with zero attached hydrogens (tertiary/aromatic N) is 4. The smallest absolute Gasteiger partial charge is 0.254 e. The SMILES string of the molecule is O=C(c1cccc(F)c1)N1CCCCN2[C@H](C1)[C@@H](c1ccc(-c3cncnc3)cc1)[C@@H]2CO.